The molecule has 1 aromatic carbocycles. The molecule has 0 unspecified atom stereocenters. The summed E-state index contributed by atoms with van der Waals surface area (Å²) in [6, 6.07) is 4.96. The van der Waals surface area contributed by atoms with Gasteiger partial charge in [0.1, 0.15) is 17.3 Å². The predicted octanol–water partition coefficient (Wildman–Crippen LogP) is 2.03. The van der Waals surface area contributed by atoms with E-state index in [1.165, 1.54) is 6.07 Å². The molecule has 0 saturated heterocycles. The van der Waals surface area contributed by atoms with E-state index in [0.29, 0.717) is 0 Å². The summed E-state index contributed by atoms with van der Waals surface area (Å²) in [5, 5.41) is 18.3. The fourth-order valence-electron chi connectivity index (χ4n) is 1.65. The molecule has 0 atom stereocenters. The van der Waals surface area contributed by atoms with Crippen LogP contribution in [0, 0.1) is 5.82 Å². The number of carboxylic acid groups (broad SMARTS) is 1. The molecule has 5 nitrogen and oxygen atoms in total. The zero-order valence-electron chi connectivity index (χ0n) is 9.30. The Balaban J connectivity index is 2.81. The number of aromatic nitrogens is 1. The van der Waals surface area contributed by atoms with Gasteiger partial charge in [0.2, 0.25) is 0 Å². The van der Waals surface area contributed by atoms with Crippen LogP contribution in [0.3, 0.4) is 0 Å². The molecule has 0 aliphatic carbocycles. The van der Waals surface area contributed by atoms with E-state index in [-0.39, 0.29) is 10.7 Å². The Morgan fingerprint density at radius 1 is 1.21 bits per heavy atom. The second kappa shape index (κ2) is 4.74. The van der Waals surface area contributed by atoms with Crippen molar-refractivity contribution >= 4 is 17.6 Å². The normalized spacial score (nSPS) is 10.4. The van der Waals surface area contributed by atoms with Crippen LogP contribution >= 0.6 is 11.6 Å². The highest BCUT2D eigenvalue weighted by Gasteiger charge is 2.15. The molecule has 7 heteroatoms. The van der Waals surface area contributed by atoms with E-state index in [0.717, 1.165) is 28.8 Å². The standard InChI is InChI=1S/C12H7ClFNO4/c13-6-1-7(14)3-8(2-6)15-10(12(18)19)4-9(16)5-11(15)17/h1-5,16H,(H,18,19). The summed E-state index contributed by atoms with van der Waals surface area (Å²) < 4.78 is 14.0. The average molecular weight is 284 g/mol. The number of carboxylic acids is 1. The molecule has 2 N–H and O–H groups in total. The number of carbonyl (C=O) groups is 1. The van der Waals surface area contributed by atoms with Crippen LogP contribution in [0.25, 0.3) is 5.69 Å². The van der Waals surface area contributed by atoms with Crippen molar-refractivity contribution in [1.82, 2.24) is 4.57 Å². The third-order valence-electron chi connectivity index (χ3n) is 2.34. The van der Waals surface area contributed by atoms with Crippen molar-refractivity contribution in [1.29, 1.82) is 0 Å². The first-order chi connectivity index (χ1) is 8.88. The number of benzene rings is 1. The SMILES string of the molecule is O=C(O)c1cc(O)cc(=O)n1-c1cc(F)cc(Cl)c1. The molecule has 2 rings (SSSR count). The van der Waals surface area contributed by atoms with Gasteiger partial charge in [0, 0.05) is 17.2 Å². The molecule has 0 bridgehead atoms. The second-order valence-electron chi connectivity index (χ2n) is 3.71. The molecule has 2 aromatic rings. The van der Waals surface area contributed by atoms with E-state index in [1.54, 1.807) is 0 Å². The topological polar surface area (TPSA) is 79.5 Å². The highest BCUT2D eigenvalue weighted by molar-refractivity contribution is 6.30. The summed E-state index contributed by atoms with van der Waals surface area (Å²) in [5.41, 5.74) is -1.34. The van der Waals surface area contributed by atoms with Crippen LogP contribution < -0.4 is 5.56 Å². The van der Waals surface area contributed by atoms with Gasteiger partial charge in [0.25, 0.3) is 5.56 Å². The minimum Gasteiger partial charge on any atom is -0.508 e. The Bertz CT molecular complexity index is 706. The van der Waals surface area contributed by atoms with Gasteiger partial charge in [-0.25, -0.2) is 9.18 Å². The first kappa shape index (κ1) is 13.1. The lowest BCUT2D eigenvalue weighted by molar-refractivity contribution is 0.0686. The van der Waals surface area contributed by atoms with Crippen molar-refractivity contribution in [3.8, 4) is 11.4 Å². The monoisotopic (exact) mass is 283 g/mol. The Morgan fingerprint density at radius 2 is 1.89 bits per heavy atom. The van der Waals surface area contributed by atoms with E-state index >= 15 is 0 Å². The maximum absolute atomic E-state index is 13.3. The molecular weight excluding hydrogens is 277 g/mol. The minimum absolute atomic E-state index is 0.0197. The van der Waals surface area contributed by atoms with E-state index in [1.807, 2.05) is 0 Å². The largest absolute Gasteiger partial charge is 0.508 e. The fourth-order valence-corrected chi connectivity index (χ4v) is 1.86. The van der Waals surface area contributed by atoms with Crippen molar-refractivity contribution in [2.24, 2.45) is 0 Å². The Hall–Kier alpha value is -2.34. The van der Waals surface area contributed by atoms with Crippen LogP contribution in [-0.4, -0.2) is 20.7 Å². The van der Waals surface area contributed by atoms with Gasteiger partial charge in [-0.15, -0.1) is 0 Å². The zero-order valence-corrected chi connectivity index (χ0v) is 10.1. The van der Waals surface area contributed by atoms with Gasteiger partial charge in [0.05, 0.1) is 5.69 Å². The highest BCUT2D eigenvalue weighted by Crippen LogP contribution is 2.19. The van der Waals surface area contributed by atoms with Crippen molar-refractivity contribution in [3.63, 3.8) is 0 Å². The molecule has 0 radical (unpaired) electrons. The number of hydrogen-bond acceptors (Lipinski definition) is 3. The van der Waals surface area contributed by atoms with Crippen LogP contribution in [0.2, 0.25) is 5.02 Å². The van der Waals surface area contributed by atoms with E-state index in [4.69, 9.17) is 16.7 Å². The lowest BCUT2D eigenvalue weighted by atomic mass is 10.2. The lowest BCUT2D eigenvalue weighted by Crippen LogP contribution is -2.23. The number of aromatic carboxylic acids is 1. The molecule has 0 saturated carbocycles. The number of nitrogens with zero attached hydrogens (tertiary/aromatic N) is 1. The molecule has 0 aliphatic rings. The summed E-state index contributed by atoms with van der Waals surface area (Å²) in [6.45, 7) is 0. The summed E-state index contributed by atoms with van der Waals surface area (Å²) in [6.07, 6.45) is 0. The van der Waals surface area contributed by atoms with Crippen LogP contribution in [0.1, 0.15) is 10.5 Å². The predicted molar refractivity (Wildman–Crippen MR) is 65.6 cm³/mol. The maximum Gasteiger partial charge on any atom is 0.353 e. The average Bonchev–Trinajstić information content (AvgIpc) is 2.25. The number of aromatic hydroxyl groups is 1. The van der Waals surface area contributed by atoms with Crippen LogP contribution in [-0.2, 0) is 0 Å². The van der Waals surface area contributed by atoms with Crippen molar-refractivity contribution in [2.45, 2.75) is 0 Å². The minimum atomic E-state index is -1.44. The van der Waals surface area contributed by atoms with Gasteiger partial charge in [-0.05, 0) is 18.2 Å². The molecular formula is C12H7ClFNO4. The maximum atomic E-state index is 13.3. The first-order valence-electron chi connectivity index (χ1n) is 5.04. The van der Waals surface area contributed by atoms with Gasteiger partial charge in [-0.2, -0.15) is 0 Å². The Kier molecular flexibility index (Phi) is 3.26. The van der Waals surface area contributed by atoms with Crippen LogP contribution in [0.15, 0.2) is 35.1 Å². The third-order valence-corrected chi connectivity index (χ3v) is 2.56. The van der Waals surface area contributed by atoms with Crippen LogP contribution in [0.5, 0.6) is 5.75 Å². The molecule has 19 heavy (non-hydrogen) atoms. The molecule has 0 aliphatic heterocycles. The Labute approximate surface area is 111 Å². The van der Waals surface area contributed by atoms with Gasteiger partial charge >= 0.3 is 5.97 Å². The van der Waals surface area contributed by atoms with Gasteiger partial charge in [0.15, 0.2) is 0 Å². The first-order valence-corrected chi connectivity index (χ1v) is 5.42. The third kappa shape index (κ3) is 2.58. The van der Waals surface area contributed by atoms with E-state index in [9.17, 15) is 19.1 Å². The number of pyridine rings is 1. The van der Waals surface area contributed by atoms with Crippen molar-refractivity contribution in [3.05, 3.63) is 57.2 Å². The fraction of sp³-hybridized carbons (Fsp3) is 0. The van der Waals surface area contributed by atoms with Crippen LogP contribution in [0.4, 0.5) is 4.39 Å². The summed E-state index contributed by atoms with van der Waals surface area (Å²) in [4.78, 5) is 22.8. The quantitative estimate of drug-likeness (QED) is 0.884. The molecule has 98 valence electrons. The summed E-state index contributed by atoms with van der Waals surface area (Å²) >= 11 is 5.66. The molecule has 0 fully saturated rings. The summed E-state index contributed by atoms with van der Waals surface area (Å²) in [5.74, 6) is -2.63. The molecule has 1 heterocycles. The number of halogens is 2. The molecule has 0 spiro atoms. The molecule has 0 amide bonds. The highest BCUT2D eigenvalue weighted by atomic mass is 35.5. The Morgan fingerprint density at radius 3 is 2.47 bits per heavy atom. The number of rotatable bonds is 2. The molecule has 1 aromatic heterocycles. The van der Waals surface area contributed by atoms with E-state index in [2.05, 4.69) is 0 Å². The van der Waals surface area contributed by atoms with Gasteiger partial charge in [-0.3, -0.25) is 9.36 Å². The van der Waals surface area contributed by atoms with Crippen molar-refractivity contribution in [2.75, 3.05) is 0 Å². The number of hydrogen-bond donors (Lipinski definition) is 2. The lowest BCUT2D eigenvalue weighted by Gasteiger charge is -2.10. The van der Waals surface area contributed by atoms with Crippen molar-refractivity contribution < 1.29 is 19.4 Å². The van der Waals surface area contributed by atoms with Gasteiger partial charge < -0.3 is 10.2 Å². The smallest absolute Gasteiger partial charge is 0.353 e. The summed E-state index contributed by atoms with van der Waals surface area (Å²) in [7, 11) is 0. The van der Waals surface area contributed by atoms with Gasteiger partial charge in [-0.1, -0.05) is 11.6 Å². The zero-order chi connectivity index (χ0) is 14.2. The second-order valence-corrected chi connectivity index (χ2v) is 4.14. The van der Waals surface area contributed by atoms with E-state index < -0.39 is 28.8 Å².